The summed E-state index contributed by atoms with van der Waals surface area (Å²) in [6.07, 6.45) is 3.18. The van der Waals surface area contributed by atoms with Crippen molar-refractivity contribution in [3.63, 3.8) is 0 Å². The van der Waals surface area contributed by atoms with Gasteiger partial charge in [-0.3, -0.25) is 9.59 Å². The van der Waals surface area contributed by atoms with Crippen LogP contribution in [0.4, 0.5) is 5.69 Å². The van der Waals surface area contributed by atoms with Gasteiger partial charge in [-0.15, -0.1) is 0 Å². The van der Waals surface area contributed by atoms with Crippen molar-refractivity contribution in [1.29, 1.82) is 0 Å². The predicted octanol–water partition coefficient (Wildman–Crippen LogP) is 1.93. The summed E-state index contributed by atoms with van der Waals surface area (Å²) < 4.78 is 16.8. The second-order valence-electron chi connectivity index (χ2n) is 6.98. The first-order valence-corrected chi connectivity index (χ1v) is 8.49. The van der Waals surface area contributed by atoms with Gasteiger partial charge in [-0.2, -0.15) is 0 Å². The van der Waals surface area contributed by atoms with Crippen molar-refractivity contribution in [2.75, 3.05) is 18.6 Å². The molecule has 0 N–H and O–H groups in total. The molecule has 0 saturated carbocycles. The molecule has 6 heteroatoms. The van der Waals surface area contributed by atoms with Gasteiger partial charge in [-0.1, -0.05) is 24.3 Å². The van der Waals surface area contributed by atoms with Crippen LogP contribution < -0.4 is 9.64 Å². The number of hydrogen-bond donors (Lipinski definition) is 0. The van der Waals surface area contributed by atoms with E-state index in [-0.39, 0.29) is 24.1 Å². The molecule has 3 aliphatic heterocycles. The average Bonchev–Trinajstić information content (AvgIpc) is 3.22. The molecule has 1 aromatic rings. The zero-order valence-electron chi connectivity index (χ0n) is 14.5. The van der Waals surface area contributed by atoms with Gasteiger partial charge < -0.3 is 19.1 Å². The minimum atomic E-state index is -0.761. The fourth-order valence-electron chi connectivity index (χ4n) is 4.13. The first kappa shape index (κ1) is 16.1. The summed E-state index contributed by atoms with van der Waals surface area (Å²) in [7, 11) is 1.57. The molecule has 4 atom stereocenters. The highest BCUT2D eigenvalue weighted by molar-refractivity contribution is 6.03. The van der Waals surface area contributed by atoms with Crippen LogP contribution in [0.2, 0.25) is 0 Å². The lowest BCUT2D eigenvalue weighted by molar-refractivity contribution is -0.156. The fourth-order valence-corrected chi connectivity index (χ4v) is 4.13. The number of rotatable bonds is 4. The summed E-state index contributed by atoms with van der Waals surface area (Å²) in [5.74, 6) is -1.03. The molecule has 2 saturated heterocycles. The van der Waals surface area contributed by atoms with Crippen molar-refractivity contribution in [3.05, 3.63) is 36.4 Å². The number of hydrogen-bond acceptors (Lipinski definition) is 5. The van der Waals surface area contributed by atoms with Gasteiger partial charge in [0.05, 0.1) is 37.5 Å². The van der Waals surface area contributed by atoms with Crippen molar-refractivity contribution in [2.24, 2.45) is 11.8 Å². The quantitative estimate of drug-likeness (QED) is 0.617. The van der Waals surface area contributed by atoms with E-state index in [1.807, 2.05) is 36.4 Å². The number of amides is 1. The minimum Gasteiger partial charge on any atom is -0.495 e. The van der Waals surface area contributed by atoms with Crippen molar-refractivity contribution >= 4 is 17.6 Å². The smallest absolute Gasteiger partial charge is 0.313 e. The van der Waals surface area contributed by atoms with Crippen LogP contribution in [0.5, 0.6) is 5.75 Å². The van der Waals surface area contributed by atoms with Gasteiger partial charge in [0.1, 0.15) is 17.3 Å². The molecule has 0 radical (unpaired) electrons. The van der Waals surface area contributed by atoms with Gasteiger partial charge in [0.25, 0.3) is 0 Å². The topological polar surface area (TPSA) is 65.1 Å². The van der Waals surface area contributed by atoms with E-state index < -0.39 is 17.4 Å². The number of benzene rings is 1. The molecule has 2 fully saturated rings. The van der Waals surface area contributed by atoms with E-state index in [9.17, 15) is 9.59 Å². The number of carbonyl (C=O) groups is 2. The predicted molar refractivity (Wildman–Crippen MR) is 90.3 cm³/mol. The second kappa shape index (κ2) is 5.59. The Hall–Kier alpha value is -2.34. The number of nitrogens with zero attached hydrogens (tertiary/aromatic N) is 1. The van der Waals surface area contributed by atoms with Crippen LogP contribution in [0, 0.1) is 11.8 Å². The molecule has 1 amide bonds. The Kier molecular flexibility index (Phi) is 3.61. The first-order valence-electron chi connectivity index (χ1n) is 8.49. The average molecular weight is 343 g/mol. The lowest BCUT2D eigenvalue weighted by atomic mass is 9.77. The summed E-state index contributed by atoms with van der Waals surface area (Å²) in [6, 6.07) is 7.36. The number of methoxy groups -OCH3 is 1. The van der Waals surface area contributed by atoms with Gasteiger partial charge in [-0.05, 0) is 26.0 Å². The number of ether oxygens (including phenoxy) is 3. The van der Waals surface area contributed by atoms with Gasteiger partial charge in [0.2, 0.25) is 5.91 Å². The Morgan fingerprint density at radius 2 is 2.12 bits per heavy atom. The van der Waals surface area contributed by atoms with Crippen LogP contribution in [0.3, 0.4) is 0 Å². The third kappa shape index (κ3) is 2.28. The second-order valence-corrected chi connectivity index (χ2v) is 6.98. The maximum Gasteiger partial charge on any atom is 0.313 e. The van der Waals surface area contributed by atoms with E-state index in [4.69, 9.17) is 14.2 Å². The highest BCUT2D eigenvalue weighted by Crippen LogP contribution is 2.53. The van der Waals surface area contributed by atoms with Crippen LogP contribution in [0.15, 0.2) is 36.4 Å². The van der Waals surface area contributed by atoms with E-state index in [0.717, 1.165) is 0 Å². The molecule has 1 spiro atoms. The molecule has 25 heavy (non-hydrogen) atoms. The number of esters is 1. The zero-order valence-corrected chi connectivity index (χ0v) is 14.5. The number of anilines is 1. The van der Waals surface area contributed by atoms with Gasteiger partial charge in [0.15, 0.2) is 0 Å². The van der Waals surface area contributed by atoms with E-state index >= 15 is 0 Å². The highest BCUT2D eigenvalue weighted by atomic mass is 16.6. The van der Waals surface area contributed by atoms with Crippen molar-refractivity contribution < 1.29 is 23.8 Å². The van der Waals surface area contributed by atoms with E-state index in [0.29, 0.717) is 18.0 Å². The Morgan fingerprint density at radius 3 is 2.84 bits per heavy atom. The molecule has 3 heterocycles. The van der Waals surface area contributed by atoms with E-state index in [1.54, 1.807) is 25.9 Å². The van der Waals surface area contributed by atoms with Crippen molar-refractivity contribution in [3.8, 4) is 5.75 Å². The Morgan fingerprint density at radius 1 is 1.36 bits per heavy atom. The highest BCUT2D eigenvalue weighted by Gasteiger charge is 2.67. The molecule has 0 aliphatic carbocycles. The Balaban J connectivity index is 1.69. The summed E-state index contributed by atoms with van der Waals surface area (Å²) in [4.78, 5) is 27.4. The maximum absolute atomic E-state index is 13.2. The Bertz CT molecular complexity index is 758. The Labute approximate surface area is 146 Å². The molecule has 132 valence electrons. The molecular weight excluding hydrogens is 322 g/mol. The molecule has 1 aromatic carbocycles. The first-order chi connectivity index (χ1) is 12.0. The van der Waals surface area contributed by atoms with Crippen LogP contribution in [0.1, 0.15) is 13.8 Å². The molecule has 0 aromatic heterocycles. The zero-order chi connectivity index (χ0) is 17.8. The van der Waals surface area contributed by atoms with Gasteiger partial charge in [0, 0.05) is 0 Å². The van der Waals surface area contributed by atoms with Gasteiger partial charge in [-0.25, -0.2) is 0 Å². The fraction of sp³-hybridized carbons (Fsp3) is 0.474. The molecule has 0 unspecified atom stereocenters. The molecule has 3 aliphatic rings. The van der Waals surface area contributed by atoms with Crippen LogP contribution >= 0.6 is 0 Å². The molecular formula is C19H21NO5. The lowest BCUT2D eigenvalue weighted by Gasteiger charge is -2.23. The number of carbonyl (C=O) groups excluding carboxylic acids is 2. The summed E-state index contributed by atoms with van der Waals surface area (Å²) in [5, 5.41) is 0. The van der Waals surface area contributed by atoms with E-state index in [2.05, 4.69) is 0 Å². The summed E-state index contributed by atoms with van der Waals surface area (Å²) in [5.41, 5.74) is -0.0706. The normalized spacial score (nSPS) is 32.4. The summed E-state index contributed by atoms with van der Waals surface area (Å²) >= 11 is 0. The van der Waals surface area contributed by atoms with Gasteiger partial charge >= 0.3 is 5.97 Å². The van der Waals surface area contributed by atoms with Crippen LogP contribution in [0.25, 0.3) is 0 Å². The SMILES string of the molecule is COc1ccccc1N1C[C@]23C=C[C@H](O2)[C@@H](C(=O)OC(C)C)[C@H]3C1=O. The minimum absolute atomic E-state index is 0.123. The number of fused-ring (bicyclic) bond motifs is 1. The van der Waals surface area contributed by atoms with Crippen LogP contribution in [-0.4, -0.2) is 43.3 Å². The monoisotopic (exact) mass is 343 g/mol. The lowest BCUT2D eigenvalue weighted by Crippen LogP contribution is -2.40. The third-order valence-corrected chi connectivity index (χ3v) is 5.10. The van der Waals surface area contributed by atoms with Crippen molar-refractivity contribution in [2.45, 2.75) is 31.7 Å². The van der Waals surface area contributed by atoms with Crippen LogP contribution in [-0.2, 0) is 19.1 Å². The largest absolute Gasteiger partial charge is 0.495 e. The molecule has 6 nitrogen and oxygen atoms in total. The summed E-state index contributed by atoms with van der Waals surface area (Å²) in [6.45, 7) is 3.97. The maximum atomic E-state index is 13.2. The molecule has 2 bridgehead atoms. The third-order valence-electron chi connectivity index (χ3n) is 5.10. The number of para-hydroxylation sites is 2. The van der Waals surface area contributed by atoms with E-state index in [1.165, 1.54) is 0 Å². The van der Waals surface area contributed by atoms with Crippen molar-refractivity contribution in [1.82, 2.24) is 0 Å². The standard InChI is InChI=1S/C19H21NO5/c1-11(2)24-18(22)15-14-8-9-19(25-14)10-20(17(21)16(15)19)12-6-4-5-7-13(12)23-3/h4-9,11,14-16H,10H2,1-3H3/t14-,15+,16-,19-/m0/s1. The molecule has 4 rings (SSSR count).